The zero-order chi connectivity index (χ0) is 25.2. The van der Waals surface area contributed by atoms with Gasteiger partial charge in [0, 0.05) is 26.7 Å². The Kier molecular flexibility index (Phi) is 7.29. The number of aromatic nitrogens is 4. The lowest BCUT2D eigenvalue weighted by atomic mass is 10.1. The minimum absolute atomic E-state index is 0.0136. The summed E-state index contributed by atoms with van der Waals surface area (Å²) in [5.41, 5.74) is -0.683. The highest BCUT2D eigenvalue weighted by atomic mass is 16.7. The molecule has 0 aromatic carbocycles. The largest absolute Gasteiger partial charge is 0.463 e. The van der Waals surface area contributed by atoms with Crippen molar-refractivity contribution >= 4 is 40.9 Å². The number of esters is 3. The summed E-state index contributed by atoms with van der Waals surface area (Å²) in [6, 6.07) is 0. The Balaban J connectivity index is 2.06. The molecule has 1 aliphatic heterocycles. The van der Waals surface area contributed by atoms with Crippen molar-refractivity contribution in [1.29, 1.82) is 0 Å². The maximum absolute atomic E-state index is 12.5. The number of anilines is 1. The lowest BCUT2D eigenvalue weighted by molar-refractivity contribution is -0.166. The van der Waals surface area contributed by atoms with Crippen LogP contribution in [0.5, 0.6) is 0 Å². The summed E-state index contributed by atoms with van der Waals surface area (Å²) in [5.74, 6) is -2.83. The maximum Gasteiger partial charge on any atom is 0.303 e. The Morgan fingerprint density at radius 2 is 1.76 bits per heavy atom. The summed E-state index contributed by atoms with van der Waals surface area (Å²) in [5, 5.41) is 2.50. The molecule has 0 spiro atoms. The molecule has 184 valence electrons. The van der Waals surface area contributed by atoms with E-state index in [9.17, 15) is 24.0 Å². The van der Waals surface area contributed by atoms with Crippen LogP contribution < -0.4 is 10.9 Å². The fourth-order valence-corrected chi connectivity index (χ4v) is 3.35. The number of aromatic amines is 1. The van der Waals surface area contributed by atoms with Crippen LogP contribution in [0.3, 0.4) is 0 Å². The van der Waals surface area contributed by atoms with E-state index in [2.05, 4.69) is 20.3 Å². The minimum Gasteiger partial charge on any atom is -0.463 e. The molecule has 0 bridgehead atoms. The van der Waals surface area contributed by atoms with Crippen molar-refractivity contribution in [2.45, 2.75) is 59.2 Å². The highest BCUT2D eigenvalue weighted by molar-refractivity contribution is 5.91. The van der Waals surface area contributed by atoms with Crippen molar-refractivity contribution < 1.29 is 38.1 Å². The van der Waals surface area contributed by atoms with Gasteiger partial charge in [0.05, 0.1) is 6.33 Å². The van der Waals surface area contributed by atoms with Crippen LogP contribution in [-0.2, 0) is 38.1 Å². The second kappa shape index (κ2) is 9.99. The van der Waals surface area contributed by atoms with E-state index in [1.165, 1.54) is 24.7 Å². The molecule has 4 atom stereocenters. The lowest BCUT2D eigenvalue weighted by Crippen LogP contribution is -2.40. The van der Waals surface area contributed by atoms with Crippen LogP contribution in [0.1, 0.15) is 40.8 Å². The highest BCUT2D eigenvalue weighted by Crippen LogP contribution is 2.35. The zero-order valence-corrected chi connectivity index (χ0v) is 19.2. The Labute approximate surface area is 192 Å². The number of imidazole rings is 1. The summed E-state index contributed by atoms with van der Waals surface area (Å²) in [6.45, 7) is 6.57. The van der Waals surface area contributed by atoms with Crippen LogP contribution in [0.25, 0.3) is 11.2 Å². The van der Waals surface area contributed by atoms with Crippen LogP contribution in [0.2, 0.25) is 0 Å². The van der Waals surface area contributed by atoms with Crippen LogP contribution in [-0.4, -0.2) is 68.3 Å². The lowest BCUT2D eigenvalue weighted by Gasteiger charge is -2.23. The smallest absolute Gasteiger partial charge is 0.303 e. The first-order valence-electron chi connectivity index (χ1n) is 10.4. The molecule has 1 fully saturated rings. The normalized spacial score (nSPS) is 21.9. The van der Waals surface area contributed by atoms with E-state index in [0.29, 0.717) is 0 Å². The fourth-order valence-electron chi connectivity index (χ4n) is 3.35. The van der Waals surface area contributed by atoms with Crippen molar-refractivity contribution in [3.8, 4) is 0 Å². The van der Waals surface area contributed by atoms with Crippen LogP contribution in [0.4, 0.5) is 5.95 Å². The minimum atomic E-state index is -1.19. The predicted molar refractivity (Wildman–Crippen MR) is 113 cm³/mol. The van der Waals surface area contributed by atoms with E-state index < -0.39 is 48.0 Å². The number of amides is 1. The standard InChI is InChI=1S/C20H25N5O9/c1-8(2)17(29)23-20-22-16-13(18(30)24-20)21-7-25(16)19-15(33-11(5)28)14(32-10(4)27)12(34-19)6-31-9(3)26/h7-8,12,14-15,19H,6H2,1-5H3,(H2,22,23,24,29,30)/t12-,14-,15-,19-/m1/s1/i24+1. The summed E-state index contributed by atoms with van der Waals surface area (Å²) < 4.78 is 23.0. The second-order valence-electron chi connectivity index (χ2n) is 7.90. The third-order valence-corrected chi connectivity index (χ3v) is 4.81. The molecule has 2 aromatic rings. The Morgan fingerprint density at radius 1 is 1.12 bits per heavy atom. The number of fused-ring (bicyclic) bond motifs is 1. The van der Waals surface area contributed by atoms with Crippen molar-refractivity contribution in [2.75, 3.05) is 11.9 Å². The Hall–Kier alpha value is -3.81. The zero-order valence-electron chi connectivity index (χ0n) is 19.2. The van der Waals surface area contributed by atoms with Crippen LogP contribution in [0, 0.1) is 5.92 Å². The van der Waals surface area contributed by atoms with Gasteiger partial charge in [-0.1, -0.05) is 13.8 Å². The van der Waals surface area contributed by atoms with E-state index in [4.69, 9.17) is 18.9 Å². The molecule has 3 heterocycles. The molecule has 0 unspecified atom stereocenters. The van der Waals surface area contributed by atoms with Crippen molar-refractivity contribution in [3.05, 3.63) is 16.7 Å². The average Bonchev–Trinajstić information content (AvgIpc) is 3.28. The Bertz CT molecular complexity index is 1170. The number of rotatable bonds is 7. The highest BCUT2D eigenvalue weighted by Gasteiger charge is 2.51. The first kappa shape index (κ1) is 24.8. The average molecular weight is 480 g/mol. The van der Waals surface area contributed by atoms with Crippen LogP contribution in [0.15, 0.2) is 11.1 Å². The fraction of sp³-hybridized carbons (Fsp3) is 0.550. The van der Waals surface area contributed by atoms with Gasteiger partial charge in [0.15, 0.2) is 29.6 Å². The molecule has 2 aromatic heterocycles. The van der Waals surface area contributed by atoms with E-state index in [-0.39, 0.29) is 35.5 Å². The van der Waals surface area contributed by atoms with E-state index in [1.54, 1.807) is 13.8 Å². The van der Waals surface area contributed by atoms with Gasteiger partial charge in [0.25, 0.3) is 5.56 Å². The second-order valence-corrected chi connectivity index (χ2v) is 7.90. The van der Waals surface area contributed by atoms with Crippen molar-refractivity contribution in [1.82, 2.24) is 19.5 Å². The number of hydrogen-bond acceptors (Lipinski definition) is 11. The predicted octanol–water partition coefficient (Wildman–Crippen LogP) is 0.0380. The molecule has 0 radical (unpaired) electrons. The third-order valence-electron chi connectivity index (χ3n) is 4.81. The Morgan fingerprint density at radius 3 is 2.35 bits per heavy atom. The molecule has 3 rings (SSSR count). The molecule has 0 saturated carbocycles. The SMILES string of the molecule is CC(=O)OC[C@H]1O[C@@H](n2cnc3c(=O)[15nH]c(NC(=O)C(C)C)nc32)[C@H](OC(C)=O)[C@@H]1OC(C)=O. The number of hydrogen-bond donors (Lipinski definition) is 2. The summed E-state index contributed by atoms with van der Waals surface area (Å²) >= 11 is 0. The number of H-pyrrole nitrogens is 1. The van der Waals surface area contributed by atoms with Gasteiger partial charge in [0.1, 0.15) is 12.7 Å². The number of carbonyl (C=O) groups is 4. The molecule has 1 saturated heterocycles. The molecule has 1 aliphatic rings. The molecule has 14 heteroatoms. The summed E-state index contributed by atoms with van der Waals surface area (Å²) in [6.07, 6.45) is -3.23. The first-order valence-corrected chi connectivity index (χ1v) is 10.4. The van der Waals surface area contributed by atoms with Crippen LogP contribution >= 0.6 is 0 Å². The van der Waals surface area contributed by atoms with E-state index >= 15 is 0 Å². The van der Waals surface area contributed by atoms with Gasteiger partial charge in [-0.15, -0.1) is 0 Å². The van der Waals surface area contributed by atoms with Gasteiger partial charge in [-0.25, -0.2) is 4.98 Å². The van der Waals surface area contributed by atoms with Gasteiger partial charge in [-0.2, -0.15) is 4.98 Å². The van der Waals surface area contributed by atoms with Crippen molar-refractivity contribution in [3.63, 3.8) is 0 Å². The maximum atomic E-state index is 12.5. The summed E-state index contributed by atoms with van der Waals surface area (Å²) in [4.78, 5) is 70.2. The summed E-state index contributed by atoms with van der Waals surface area (Å²) in [7, 11) is 0. The quantitative estimate of drug-likeness (QED) is 0.403. The van der Waals surface area contributed by atoms with Gasteiger partial charge >= 0.3 is 17.9 Å². The topological polar surface area (TPSA) is 181 Å². The number of ether oxygens (including phenoxy) is 4. The van der Waals surface area contributed by atoms with E-state index in [0.717, 1.165) is 6.92 Å². The number of carbonyl (C=O) groups excluding carboxylic acids is 4. The number of nitrogens with one attached hydrogen (secondary N) is 2. The molecule has 14 nitrogen and oxygen atoms in total. The van der Waals surface area contributed by atoms with Gasteiger partial charge in [-0.3, -0.25) is 38.8 Å². The third kappa shape index (κ3) is 5.39. The van der Waals surface area contributed by atoms with Gasteiger partial charge < -0.3 is 18.9 Å². The van der Waals surface area contributed by atoms with E-state index in [1.807, 2.05) is 0 Å². The molecule has 34 heavy (non-hydrogen) atoms. The monoisotopic (exact) mass is 480 g/mol. The van der Waals surface area contributed by atoms with Gasteiger partial charge in [0.2, 0.25) is 11.9 Å². The molecule has 1 amide bonds. The molecule has 2 N–H and O–H groups in total. The van der Waals surface area contributed by atoms with Gasteiger partial charge in [-0.05, 0) is 0 Å². The molecular weight excluding hydrogens is 455 g/mol. The molecule has 0 aliphatic carbocycles. The number of nitrogens with zero attached hydrogens (tertiary/aromatic N) is 3. The first-order chi connectivity index (χ1) is 16.0. The molecular formula is C20H25N5O9. The van der Waals surface area contributed by atoms with Crippen molar-refractivity contribution in [2.24, 2.45) is 5.92 Å².